The number of benzene rings is 1. The van der Waals surface area contributed by atoms with Gasteiger partial charge in [-0.15, -0.1) is 0 Å². The van der Waals surface area contributed by atoms with Crippen LogP contribution in [0.1, 0.15) is 48.5 Å². The molecule has 0 saturated carbocycles. The van der Waals surface area contributed by atoms with E-state index in [1.165, 1.54) is 5.22 Å². The molecule has 0 aliphatic carbocycles. The van der Waals surface area contributed by atoms with Gasteiger partial charge in [0.1, 0.15) is 0 Å². The monoisotopic (exact) mass is 234 g/mol. The Hall–Kier alpha value is -1.30. The van der Waals surface area contributed by atoms with Gasteiger partial charge in [-0.1, -0.05) is 90.6 Å². The van der Waals surface area contributed by atoms with Crippen molar-refractivity contribution in [2.24, 2.45) is 0 Å². The Bertz CT molecular complexity index is 345. The Balaban J connectivity index is -0.000000285. The predicted molar refractivity (Wildman–Crippen MR) is 84.5 cm³/mol. The number of hydrogen-bond donors (Lipinski definition) is 0. The van der Waals surface area contributed by atoms with E-state index in [1.807, 2.05) is 78.8 Å². The van der Waals surface area contributed by atoms with E-state index < -0.39 is 0 Å². The molecule has 0 fully saturated rings. The van der Waals surface area contributed by atoms with E-state index >= 15 is 0 Å². The van der Waals surface area contributed by atoms with E-state index in [-0.39, 0.29) is 0 Å². The van der Waals surface area contributed by atoms with Crippen LogP contribution < -0.4 is 10.4 Å². The number of allylic oxidation sites excluding steroid dienone is 2. The molecule has 0 unspecified atom stereocenters. The summed E-state index contributed by atoms with van der Waals surface area (Å²) in [5, 5.41) is 2.26. The Kier molecular flexibility index (Phi) is 24.9. The molecular formula is C17H30. The van der Waals surface area contributed by atoms with Gasteiger partial charge in [0, 0.05) is 0 Å². The first-order valence-corrected chi connectivity index (χ1v) is 6.71. The maximum absolute atomic E-state index is 3.91. The van der Waals surface area contributed by atoms with Gasteiger partial charge in [0.2, 0.25) is 0 Å². The van der Waals surface area contributed by atoms with Crippen LogP contribution >= 0.6 is 0 Å². The molecule has 0 aliphatic heterocycles. The molecule has 0 radical (unpaired) electrons. The first-order chi connectivity index (χ1) is 8.34. The lowest BCUT2D eigenvalue weighted by Gasteiger charge is -1.84. The molecule has 0 atom stereocenters. The quantitative estimate of drug-likeness (QED) is 0.669. The number of hydrogen-bond acceptors (Lipinski definition) is 0. The molecule has 0 heteroatoms. The minimum atomic E-state index is 1.07. The molecule has 0 aromatic heterocycles. The highest BCUT2D eigenvalue weighted by atomic mass is 13.8. The lowest BCUT2D eigenvalue weighted by atomic mass is 10.2. The van der Waals surface area contributed by atoms with Crippen LogP contribution in [0.2, 0.25) is 0 Å². The lowest BCUT2D eigenvalue weighted by molar-refractivity contribution is 1.50. The molecule has 1 aromatic rings. The van der Waals surface area contributed by atoms with E-state index in [4.69, 9.17) is 0 Å². The van der Waals surface area contributed by atoms with Crippen molar-refractivity contribution >= 4 is 12.7 Å². The second-order valence-corrected chi connectivity index (χ2v) is 2.39. The van der Waals surface area contributed by atoms with Gasteiger partial charge in [-0.2, -0.15) is 0 Å². The van der Waals surface area contributed by atoms with E-state index in [9.17, 15) is 0 Å². The number of rotatable bonds is 1. The van der Waals surface area contributed by atoms with E-state index in [1.54, 1.807) is 0 Å². The van der Waals surface area contributed by atoms with Gasteiger partial charge >= 0.3 is 0 Å². The van der Waals surface area contributed by atoms with Crippen molar-refractivity contribution in [1.82, 2.24) is 0 Å². The average Bonchev–Trinajstić information content (AvgIpc) is 2.45. The van der Waals surface area contributed by atoms with Crippen molar-refractivity contribution in [2.75, 3.05) is 0 Å². The van der Waals surface area contributed by atoms with Crippen molar-refractivity contribution in [3.05, 3.63) is 46.9 Å². The molecule has 0 nitrogen and oxygen atoms in total. The summed E-state index contributed by atoms with van der Waals surface area (Å²) in [4.78, 5) is 0. The smallest absolute Gasteiger partial charge is 0.0190 e. The standard InChI is InChI=1S/C11H12.3C2H6/c1-3-4-8-11-9-6-5-7-10(11)2;3*1-2/h3-9H,2H2,1H3;3*1-2H3/b4-3-,11-8-;;;. The predicted octanol–water partition coefficient (Wildman–Crippen LogP) is 4.53. The summed E-state index contributed by atoms with van der Waals surface area (Å²) in [5.74, 6) is 0. The zero-order valence-electron chi connectivity index (χ0n) is 12.7. The van der Waals surface area contributed by atoms with E-state index in [0.717, 1.165) is 5.22 Å². The zero-order valence-corrected chi connectivity index (χ0v) is 12.7. The fourth-order valence-electron chi connectivity index (χ4n) is 0.897. The third kappa shape index (κ3) is 12.6. The first kappa shape index (κ1) is 21.0. The maximum atomic E-state index is 3.91. The third-order valence-corrected chi connectivity index (χ3v) is 1.52. The van der Waals surface area contributed by atoms with Crippen LogP contribution in [0, 0.1) is 0 Å². The molecule has 98 valence electrons. The molecule has 0 spiro atoms. The molecular weight excluding hydrogens is 204 g/mol. The van der Waals surface area contributed by atoms with Gasteiger partial charge in [-0.05, 0) is 17.4 Å². The lowest BCUT2D eigenvalue weighted by Crippen LogP contribution is -2.21. The van der Waals surface area contributed by atoms with Crippen LogP contribution in [0.3, 0.4) is 0 Å². The van der Waals surface area contributed by atoms with Crippen molar-refractivity contribution in [3.8, 4) is 0 Å². The second kappa shape index (κ2) is 20.2. The van der Waals surface area contributed by atoms with Gasteiger partial charge in [-0.3, -0.25) is 0 Å². The maximum Gasteiger partial charge on any atom is -0.0190 e. The Labute approximate surface area is 108 Å². The minimum absolute atomic E-state index is 1.07. The molecule has 17 heavy (non-hydrogen) atoms. The molecule has 0 bridgehead atoms. The summed E-state index contributed by atoms with van der Waals surface area (Å²) < 4.78 is 0. The summed E-state index contributed by atoms with van der Waals surface area (Å²) in [6.45, 7) is 17.9. The summed E-state index contributed by atoms with van der Waals surface area (Å²) in [5.41, 5.74) is 0. The highest BCUT2D eigenvalue weighted by molar-refractivity contribution is 5.37. The molecule has 0 heterocycles. The van der Waals surface area contributed by atoms with Crippen LogP contribution in [0.4, 0.5) is 0 Å². The summed E-state index contributed by atoms with van der Waals surface area (Å²) in [6.07, 6.45) is 6.08. The van der Waals surface area contributed by atoms with Crippen molar-refractivity contribution < 1.29 is 0 Å². The van der Waals surface area contributed by atoms with Gasteiger partial charge < -0.3 is 0 Å². The average molecular weight is 234 g/mol. The Morgan fingerprint density at radius 1 is 0.882 bits per heavy atom. The van der Waals surface area contributed by atoms with Crippen LogP contribution in [0.15, 0.2) is 36.4 Å². The molecule has 1 aromatic carbocycles. The van der Waals surface area contributed by atoms with Gasteiger partial charge in [0.05, 0.1) is 0 Å². The fraction of sp³-hybridized carbons (Fsp3) is 0.412. The molecule has 0 aliphatic rings. The van der Waals surface area contributed by atoms with Crippen LogP contribution in [0.5, 0.6) is 0 Å². The SMILES string of the molecule is C=c1cccc/c1=C/C=C\C.CC.CC.CC. The molecule has 0 N–H and O–H groups in total. The second-order valence-electron chi connectivity index (χ2n) is 2.39. The molecule has 0 saturated heterocycles. The summed E-state index contributed by atoms with van der Waals surface area (Å²) in [7, 11) is 0. The van der Waals surface area contributed by atoms with Crippen LogP contribution in [-0.4, -0.2) is 0 Å². The zero-order chi connectivity index (χ0) is 14.1. The minimum Gasteiger partial charge on any atom is -0.0912 e. The third-order valence-electron chi connectivity index (χ3n) is 1.52. The Morgan fingerprint density at radius 2 is 1.35 bits per heavy atom. The Morgan fingerprint density at radius 3 is 1.76 bits per heavy atom. The first-order valence-electron chi connectivity index (χ1n) is 6.71. The fourth-order valence-corrected chi connectivity index (χ4v) is 0.897. The van der Waals surface area contributed by atoms with Crippen molar-refractivity contribution in [2.45, 2.75) is 48.5 Å². The van der Waals surface area contributed by atoms with Crippen LogP contribution in [-0.2, 0) is 0 Å². The van der Waals surface area contributed by atoms with E-state index in [0.29, 0.717) is 0 Å². The van der Waals surface area contributed by atoms with Gasteiger partial charge in [0.15, 0.2) is 0 Å². The normalized spacial score (nSPS) is 9.24. The van der Waals surface area contributed by atoms with Crippen molar-refractivity contribution in [3.63, 3.8) is 0 Å². The van der Waals surface area contributed by atoms with Gasteiger partial charge in [0.25, 0.3) is 0 Å². The van der Waals surface area contributed by atoms with Gasteiger partial charge in [-0.25, -0.2) is 0 Å². The van der Waals surface area contributed by atoms with E-state index in [2.05, 4.69) is 18.7 Å². The van der Waals surface area contributed by atoms with Crippen LogP contribution in [0.25, 0.3) is 12.7 Å². The molecule has 1 rings (SSSR count). The molecule has 0 amide bonds. The van der Waals surface area contributed by atoms with Crippen molar-refractivity contribution in [1.29, 1.82) is 0 Å². The summed E-state index contributed by atoms with van der Waals surface area (Å²) in [6, 6.07) is 8.08. The highest BCUT2D eigenvalue weighted by Gasteiger charge is 1.76. The summed E-state index contributed by atoms with van der Waals surface area (Å²) >= 11 is 0. The highest BCUT2D eigenvalue weighted by Crippen LogP contribution is 1.73. The largest absolute Gasteiger partial charge is 0.0912 e. The topological polar surface area (TPSA) is 0 Å².